The van der Waals surface area contributed by atoms with E-state index in [2.05, 4.69) is 6.58 Å². The summed E-state index contributed by atoms with van der Waals surface area (Å²) in [4.78, 5) is 10.4. The summed E-state index contributed by atoms with van der Waals surface area (Å²) in [5.74, 6) is -0.651. The lowest BCUT2D eigenvalue weighted by molar-refractivity contribution is -0.137. The number of carboxylic acids is 1. The fourth-order valence-electron chi connectivity index (χ4n) is 4.10. The van der Waals surface area contributed by atoms with Gasteiger partial charge in [-0.1, -0.05) is 134 Å². The molecule has 2 nitrogen and oxygen atoms in total. The van der Waals surface area contributed by atoms with E-state index < -0.39 is 5.97 Å². The fourth-order valence-corrected chi connectivity index (χ4v) is 4.10. The van der Waals surface area contributed by atoms with Crippen molar-refractivity contribution in [2.75, 3.05) is 0 Å². The zero-order chi connectivity index (χ0) is 21.3. The Kier molecular flexibility index (Phi) is 24.6. The van der Waals surface area contributed by atoms with Crippen LogP contribution in [0.1, 0.15) is 154 Å². The Balaban J connectivity index is 3.00. The Hall–Kier alpha value is -0.790. The molecule has 0 aliphatic heterocycles. The molecule has 1 N–H and O–H groups in total. The lowest BCUT2D eigenvalue weighted by atomic mass is 10.0. The van der Waals surface area contributed by atoms with Crippen LogP contribution in [0.4, 0.5) is 0 Å². The molecule has 0 aromatic heterocycles. The Morgan fingerprint density at radius 2 is 0.724 bits per heavy atom. The minimum absolute atomic E-state index is 0.344. The van der Waals surface area contributed by atoms with Crippen molar-refractivity contribution in [3.63, 3.8) is 0 Å². The van der Waals surface area contributed by atoms with E-state index in [1.165, 1.54) is 135 Å². The molecule has 2 heteroatoms. The number of carbonyl (C=O) groups is 1. The quantitative estimate of drug-likeness (QED) is 0.120. The molecule has 0 spiro atoms. The van der Waals surface area contributed by atoms with E-state index >= 15 is 0 Å². The van der Waals surface area contributed by atoms with Gasteiger partial charge in [0.2, 0.25) is 0 Å². The Morgan fingerprint density at radius 1 is 0.483 bits per heavy atom. The maximum Gasteiger partial charge on any atom is 0.303 e. The first-order valence-electron chi connectivity index (χ1n) is 13.1. The van der Waals surface area contributed by atoms with Crippen molar-refractivity contribution < 1.29 is 9.90 Å². The summed E-state index contributed by atoms with van der Waals surface area (Å²) in [5.41, 5.74) is 0. The van der Waals surface area contributed by atoms with E-state index in [-0.39, 0.29) is 0 Å². The third kappa shape index (κ3) is 27.2. The number of allylic oxidation sites excluding steroid dienone is 1. The second-order valence-electron chi connectivity index (χ2n) is 9.00. The highest BCUT2D eigenvalue weighted by Gasteiger charge is 1.97. The summed E-state index contributed by atoms with van der Waals surface area (Å²) >= 11 is 0. The predicted molar refractivity (Wildman–Crippen MR) is 129 cm³/mol. The lowest BCUT2D eigenvalue weighted by Crippen LogP contribution is -1.93. The highest BCUT2D eigenvalue weighted by atomic mass is 16.4. The summed E-state index contributed by atoms with van der Waals surface area (Å²) in [6.45, 7) is 3.78. The Bertz CT molecular complexity index is 337. The molecule has 0 saturated heterocycles. The first kappa shape index (κ1) is 28.2. The van der Waals surface area contributed by atoms with Crippen LogP contribution in [-0.2, 0) is 4.79 Å². The summed E-state index contributed by atoms with van der Waals surface area (Å²) in [7, 11) is 0. The number of aliphatic carboxylic acids is 1. The fraction of sp³-hybridized carbons (Fsp3) is 0.889. The number of hydrogen-bond donors (Lipinski definition) is 1. The molecule has 29 heavy (non-hydrogen) atoms. The molecule has 0 rings (SSSR count). The third-order valence-corrected chi connectivity index (χ3v) is 6.05. The van der Waals surface area contributed by atoms with Crippen molar-refractivity contribution in [3.05, 3.63) is 12.7 Å². The molecule has 0 unspecified atom stereocenters. The predicted octanol–water partition coefficient (Wildman–Crippen LogP) is 9.62. The van der Waals surface area contributed by atoms with Gasteiger partial charge in [-0.3, -0.25) is 4.79 Å². The smallest absolute Gasteiger partial charge is 0.303 e. The molecule has 0 amide bonds. The van der Waals surface area contributed by atoms with Crippen molar-refractivity contribution in [2.45, 2.75) is 154 Å². The van der Waals surface area contributed by atoms with E-state index in [4.69, 9.17) is 5.11 Å². The van der Waals surface area contributed by atoms with Crippen molar-refractivity contribution in [1.82, 2.24) is 0 Å². The topological polar surface area (TPSA) is 37.3 Å². The molecule has 0 radical (unpaired) electrons. The van der Waals surface area contributed by atoms with Crippen LogP contribution in [0.2, 0.25) is 0 Å². The van der Waals surface area contributed by atoms with Crippen LogP contribution in [0.25, 0.3) is 0 Å². The van der Waals surface area contributed by atoms with Gasteiger partial charge in [0.05, 0.1) is 0 Å². The van der Waals surface area contributed by atoms with Crippen LogP contribution in [0.3, 0.4) is 0 Å². The largest absolute Gasteiger partial charge is 0.481 e. The average Bonchev–Trinajstić information content (AvgIpc) is 2.71. The molecular formula is C27H52O2. The van der Waals surface area contributed by atoms with Gasteiger partial charge in [-0.15, -0.1) is 6.58 Å². The molecule has 0 heterocycles. The van der Waals surface area contributed by atoms with Crippen LogP contribution in [0.15, 0.2) is 12.7 Å². The van der Waals surface area contributed by atoms with Crippen molar-refractivity contribution >= 4 is 5.97 Å². The SMILES string of the molecule is C=CCCCCCCCCCCCCCCCCCCCCCCCCC(=O)O. The summed E-state index contributed by atoms with van der Waals surface area (Å²) < 4.78 is 0. The van der Waals surface area contributed by atoms with E-state index in [0.29, 0.717) is 6.42 Å². The van der Waals surface area contributed by atoms with Crippen LogP contribution < -0.4 is 0 Å². The number of rotatable bonds is 25. The summed E-state index contributed by atoms with van der Waals surface area (Å²) in [6.07, 6.45) is 33.5. The maximum atomic E-state index is 10.4. The standard InChI is InChI=1S/C27H52O2/c1-2-3-4-5-6-7-8-9-10-11-12-13-14-15-16-17-18-19-20-21-22-23-24-25-26-27(28)29/h2H,1,3-26H2,(H,28,29). The van der Waals surface area contributed by atoms with E-state index in [9.17, 15) is 4.79 Å². The minimum Gasteiger partial charge on any atom is -0.481 e. The monoisotopic (exact) mass is 408 g/mol. The zero-order valence-corrected chi connectivity index (χ0v) is 19.6. The minimum atomic E-state index is -0.651. The summed E-state index contributed by atoms with van der Waals surface area (Å²) in [5, 5.41) is 8.59. The first-order valence-corrected chi connectivity index (χ1v) is 13.1. The molecule has 0 saturated carbocycles. The van der Waals surface area contributed by atoms with Gasteiger partial charge in [-0.2, -0.15) is 0 Å². The Labute approximate surface area is 182 Å². The number of hydrogen-bond acceptors (Lipinski definition) is 1. The van der Waals surface area contributed by atoms with Crippen LogP contribution in [0.5, 0.6) is 0 Å². The number of unbranched alkanes of at least 4 members (excludes halogenated alkanes) is 22. The summed E-state index contributed by atoms with van der Waals surface area (Å²) in [6, 6.07) is 0. The number of carboxylic acid groups (broad SMARTS) is 1. The van der Waals surface area contributed by atoms with Crippen molar-refractivity contribution in [2.24, 2.45) is 0 Å². The molecule has 0 aromatic carbocycles. The van der Waals surface area contributed by atoms with E-state index in [1.807, 2.05) is 6.08 Å². The lowest BCUT2D eigenvalue weighted by Gasteiger charge is -2.04. The molecular weight excluding hydrogens is 356 g/mol. The van der Waals surface area contributed by atoms with Gasteiger partial charge in [-0.05, 0) is 19.3 Å². The van der Waals surface area contributed by atoms with Gasteiger partial charge in [0.15, 0.2) is 0 Å². The van der Waals surface area contributed by atoms with Crippen LogP contribution >= 0.6 is 0 Å². The first-order chi connectivity index (χ1) is 14.3. The van der Waals surface area contributed by atoms with E-state index in [0.717, 1.165) is 12.8 Å². The zero-order valence-electron chi connectivity index (χ0n) is 19.6. The highest BCUT2D eigenvalue weighted by molar-refractivity contribution is 5.66. The maximum absolute atomic E-state index is 10.4. The molecule has 0 bridgehead atoms. The van der Waals surface area contributed by atoms with Gasteiger partial charge in [0, 0.05) is 6.42 Å². The molecule has 0 aliphatic rings. The van der Waals surface area contributed by atoms with Gasteiger partial charge in [0.25, 0.3) is 0 Å². The van der Waals surface area contributed by atoms with Crippen molar-refractivity contribution in [3.8, 4) is 0 Å². The van der Waals surface area contributed by atoms with E-state index in [1.54, 1.807) is 0 Å². The molecule has 0 atom stereocenters. The van der Waals surface area contributed by atoms with Gasteiger partial charge in [0.1, 0.15) is 0 Å². The average molecular weight is 409 g/mol. The van der Waals surface area contributed by atoms with Crippen LogP contribution in [-0.4, -0.2) is 11.1 Å². The van der Waals surface area contributed by atoms with Gasteiger partial charge >= 0.3 is 5.97 Å². The molecule has 0 fully saturated rings. The molecule has 0 aliphatic carbocycles. The highest BCUT2D eigenvalue weighted by Crippen LogP contribution is 2.15. The third-order valence-electron chi connectivity index (χ3n) is 6.05. The van der Waals surface area contributed by atoms with Gasteiger partial charge in [-0.25, -0.2) is 0 Å². The molecule has 0 aromatic rings. The Morgan fingerprint density at radius 3 is 0.966 bits per heavy atom. The molecule has 172 valence electrons. The normalized spacial score (nSPS) is 11.0. The van der Waals surface area contributed by atoms with Gasteiger partial charge < -0.3 is 5.11 Å². The second kappa shape index (κ2) is 25.2. The van der Waals surface area contributed by atoms with Crippen LogP contribution in [0, 0.1) is 0 Å². The second-order valence-corrected chi connectivity index (χ2v) is 9.00. The van der Waals surface area contributed by atoms with Crippen molar-refractivity contribution in [1.29, 1.82) is 0 Å².